The van der Waals surface area contributed by atoms with E-state index >= 15 is 0 Å². The number of nitrogens with two attached hydrogens (primary N) is 1. The van der Waals surface area contributed by atoms with Crippen LogP contribution in [0.2, 0.25) is 0 Å². The number of nitrogens with zero attached hydrogens (tertiary/aromatic N) is 3. The standard InChI is InChI=1S/C11H20N4/c1-3-15(4-2)8-5-10(12)11-9-13-6-7-14-11/h6-7,9-10H,3-5,8,12H2,1-2H3. The van der Waals surface area contributed by atoms with Crippen LogP contribution in [-0.4, -0.2) is 34.5 Å². The molecule has 0 fully saturated rings. The summed E-state index contributed by atoms with van der Waals surface area (Å²) in [5.74, 6) is 0. The van der Waals surface area contributed by atoms with Crippen molar-refractivity contribution in [1.29, 1.82) is 0 Å². The van der Waals surface area contributed by atoms with Gasteiger partial charge in [0.05, 0.1) is 5.69 Å². The van der Waals surface area contributed by atoms with Gasteiger partial charge in [0.15, 0.2) is 0 Å². The van der Waals surface area contributed by atoms with E-state index in [2.05, 4.69) is 28.7 Å². The van der Waals surface area contributed by atoms with E-state index in [1.54, 1.807) is 18.6 Å². The van der Waals surface area contributed by atoms with Gasteiger partial charge in [-0.2, -0.15) is 0 Å². The molecule has 1 aromatic rings. The topological polar surface area (TPSA) is 55.0 Å². The Hall–Kier alpha value is -1.00. The summed E-state index contributed by atoms with van der Waals surface area (Å²) in [5.41, 5.74) is 6.90. The predicted octanol–water partition coefficient (Wildman–Crippen LogP) is 1.21. The molecule has 0 saturated heterocycles. The molecule has 1 heterocycles. The van der Waals surface area contributed by atoms with Crippen molar-refractivity contribution in [2.24, 2.45) is 5.73 Å². The highest BCUT2D eigenvalue weighted by Crippen LogP contribution is 2.09. The van der Waals surface area contributed by atoms with Crippen molar-refractivity contribution in [2.75, 3.05) is 19.6 Å². The van der Waals surface area contributed by atoms with E-state index in [1.165, 1.54) is 0 Å². The predicted molar refractivity (Wildman–Crippen MR) is 61.4 cm³/mol. The van der Waals surface area contributed by atoms with Crippen LogP contribution in [0.25, 0.3) is 0 Å². The van der Waals surface area contributed by atoms with Gasteiger partial charge in [-0.25, -0.2) is 0 Å². The lowest BCUT2D eigenvalue weighted by Gasteiger charge is -2.20. The summed E-state index contributed by atoms with van der Waals surface area (Å²) in [6, 6.07) is -0.000648. The monoisotopic (exact) mass is 208 g/mol. The smallest absolute Gasteiger partial charge is 0.0754 e. The Morgan fingerprint density at radius 3 is 2.60 bits per heavy atom. The fourth-order valence-electron chi connectivity index (χ4n) is 1.51. The third-order valence-electron chi connectivity index (χ3n) is 2.61. The Morgan fingerprint density at radius 2 is 2.07 bits per heavy atom. The minimum Gasteiger partial charge on any atom is -0.323 e. The molecule has 0 bridgehead atoms. The zero-order chi connectivity index (χ0) is 11.1. The second-order valence-corrected chi connectivity index (χ2v) is 3.55. The third-order valence-corrected chi connectivity index (χ3v) is 2.61. The van der Waals surface area contributed by atoms with Crippen LogP contribution >= 0.6 is 0 Å². The fraction of sp³-hybridized carbons (Fsp3) is 0.636. The number of hydrogen-bond donors (Lipinski definition) is 1. The van der Waals surface area contributed by atoms with Gasteiger partial charge in [0, 0.05) is 24.6 Å². The maximum Gasteiger partial charge on any atom is 0.0754 e. The van der Waals surface area contributed by atoms with E-state index in [4.69, 9.17) is 5.73 Å². The van der Waals surface area contributed by atoms with Crippen molar-refractivity contribution in [3.63, 3.8) is 0 Å². The van der Waals surface area contributed by atoms with Gasteiger partial charge in [-0.1, -0.05) is 13.8 Å². The molecule has 1 rings (SSSR count). The minimum atomic E-state index is -0.000648. The SMILES string of the molecule is CCN(CC)CCC(N)c1cnccn1. The molecule has 1 atom stereocenters. The van der Waals surface area contributed by atoms with E-state index in [0.29, 0.717) is 0 Å². The molecule has 2 N–H and O–H groups in total. The molecule has 0 aromatic carbocycles. The highest BCUT2D eigenvalue weighted by Gasteiger charge is 2.08. The second-order valence-electron chi connectivity index (χ2n) is 3.55. The number of rotatable bonds is 6. The molecule has 0 amide bonds. The Labute approximate surface area is 91.5 Å². The molecule has 4 nitrogen and oxygen atoms in total. The highest BCUT2D eigenvalue weighted by atomic mass is 15.1. The van der Waals surface area contributed by atoms with Crippen molar-refractivity contribution in [1.82, 2.24) is 14.9 Å². The molecule has 0 spiro atoms. The molecular weight excluding hydrogens is 188 g/mol. The average Bonchev–Trinajstić information content (AvgIpc) is 2.31. The van der Waals surface area contributed by atoms with Gasteiger partial charge in [0.25, 0.3) is 0 Å². The lowest BCUT2D eigenvalue weighted by Crippen LogP contribution is -2.27. The average molecular weight is 208 g/mol. The second kappa shape index (κ2) is 6.48. The Kier molecular flexibility index (Phi) is 5.21. The number of hydrogen-bond acceptors (Lipinski definition) is 4. The quantitative estimate of drug-likeness (QED) is 0.763. The molecule has 0 saturated carbocycles. The van der Waals surface area contributed by atoms with Crippen LogP contribution in [0, 0.1) is 0 Å². The summed E-state index contributed by atoms with van der Waals surface area (Å²) in [4.78, 5) is 10.6. The first kappa shape index (κ1) is 12.1. The van der Waals surface area contributed by atoms with Gasteiger partial charge in [-0.05, 0) is 26.1 Å². The third kappa shape index (κ3) is 3.93. The first-order valence-corrected chi connectivity index (χ1v) is 5.51. The van der Waals surface area contributed by atoms with Crippen molar-refractivity contribution in [3.05, 3.63) is 24.3 Å². The van der Waals surface area contributed by atoms with Gasteiger partial charge >= 0.3 is 0 Å². The molecule has 0 aliphatic heterocycles. The van der Waals surface area contributed by atoms with E-state index in [9.17, 15) is 0 Å². The van der Waals surface area contributed by atoms with Crippen LogP contribution < -0.4 is 5.73 Å². The molecular formula is C11H20N4. The molecule has 84 valence electrons. The van der Waals surface area contributed by atoms with E-state index in [1.807, 2.05) is 0 Å². The summed E-state index contributed by atoms with van der Waals surface area (Å²) in [7, 11) is 0. The molecule has 1 aromatic heterocycles. The Morgan fingerprint density at radius 1 is 1.33 bits per heavy atom. The lowest BCUT2D eigenvalue weighted by molar-refractivity contribution is 0.290. The van der Waals surface area contributed by atoms with E-state index < -0.39 is 0 Å². The van der Waals surface area contributed by atoms with Gasteiger partial charge in [-0.15, -0.1) is 0 Å². The van der Waals surface area contributed by atoms with Crippen molar-refractivity contribution >= 4 is 0 Å². The minimum absolute atomic E-state index is 0.000648. The highest BCUT2D eigenvalue weighted by molar-refractivity contribution is 5.00. The van der Waals surface area contributed by atoms with E-state index in [0.717, 1.165) is 31.7 Å². The van der Waals surface area contributed by atoms with Crippen LogP contribution in [-0.2, 0) is 0 Å². The lowest BCUT2D eigenvalue weighted by atomic mass is 10.1. The zero-order valence-corrected chi connectivity index (χ0v) is 9.56. The van der Waals surface area contributed by atoms with Crippen molar-refractivity contribution < 1.29 is 0 Å². The first-order chi connectivity index (χ1) is 7.27. The van der Waals surface area contributed by atoms with Gasteiger partial charge in [0.1, 0.15) is 0 Å². The van der Waals surface area contributed by atoms with Crippen molar-refractivity contribution in [2.45, 2.75) is 26.3 Å². The summed E-state index contributed by atoms with van der Waals surface area (Å²) < 4.78 is 0. The molecule has 0 radical (unpaired) electrons. The maximum absolute atomic E-state index is 6.02. The van der Waals surface area contributed by atoms with Crippen LogP contribution in [0.15, 0.2) is 18.6 Å². The van der Waals surface area contributed by atoms with Gasteiger partial charge < -0.3 is 10.6 Å². The Balaban J connectivity index is 2.39. The maximum atomic E-state index is 6.02. The Bertz CT molecular complexity index is 259. The summed E-state index contributed by atoms with van der Waals surface area (Å²) in [6.45, 7) is 7.49. The molecule has 1 unspecified atom stereocenters. The largest absolute Gasteiger partial charge is 0.323 e. The molecule has 15 heavy (non-hydrogen) atoms. The van der Waals surface area contributed by atoms with Crippen LogP contribution in [0.4, 0.5) is 0 Å². The van der Waals surface area contributed by atoms with Crippen LogP contribution in [0.3, 0.4) is 0 Å². The molecule has 0 aliphatic rings. The van der Waals surface area contributed by atoms with Crippen LogP contribution in [0.5, 0.6) is 0 Å². The first-order valence-electron chi connectivity index (χ1n) is 5.51. The van der Waals surface area contributed by atoms with Crippen molar-refractivity contribution in [3.8, 4) is 0 Å². The normalized spacial score (nSPS) is 13.1. The van der Waals surface area contributed by atoms with Gasteiger partial charge in [0.2, 0.25) is 0 Å². The summed E-state index contributed by atoms with van der Waals surface area (Å²) in [6.07, 6.45) is 6.03. The van der Waals surface area contributed by atoms with Gasteiger partial charge in [-0.3, -0.25) is 9.97 Å². The van der Waals surface area contributed by atoms with Crippen LogP contribution in [0.1, 0.15) is 32.0 Å². The summed E-state index contributed by atoms with van der Waals surface area (Å²) in [5, 5.41) is 0. The zero-order valence-electron chi connectivity index (χ0n) is 9.56. The number of aromatic nitrogens is 2. The fourth-order valence-corrected chi connectivity index (χ4v) is 1.51. The summed E-state index contributed by atoms with van der Waals surface area (Å²) >= 11 is 0. The van der Waals surface area contributed by atoms with E-state index in [-0.39, 0.29) is 6.04 Å². The molecule has 0 aliphatic carbocycles. The molecule has 4 heteroatoms.